The Morgan fingerprint density at radius 2 is 1.59 bits per heavy atom. The molecule has 3 aromatic rings. The van der Waals surface area contributed by atoms with Crippen LogP contribution >= 0.6 is 27.3 Å². The molecule has 1 aromatic heterocycles. The van der Waals surface area contributed by atoms with Crippen LogP contribution in [-0.4, -0.2) is 14.3 Å². The number of benzene rings is 2. The Kier molecular flexibility index (Phi) is 5.69. The standard InChI is InChI=1S/C19H17BrN2O3S2/c1-12-4-3-5-13(2)18(12)22-27(24,25)15-8-6-14(7-9-15)21-19(23)16-10-11-17(20)26-16/h3-11,22H,1-2H3,(H,21,23). The quantitative estimate of drug-likeness (QED) is 0.545. The van der Waals surface area contributed by atoms with Gasteiger partial charge >= 0.3 is 0 Å². The fourth-order valence-electron chi connectivity index (χ4n) is 2.52. The van der Waals surface area contributed by atoms with E-state index in [9.17, 15) is 13.2 Å². The van der Waals surface area contributed by atoms with Gasteiger partial charge in [-0.25, -0.2) is 8.42 Å². The molecule has 0 saturated carbocycles. The Morgan fingerprint density at radius 3 is 2.15 bits per heavy atom. The lowest BCUT2D eigenvalue weighted by Crippen LogP contribution is -2.15. The zero-order valence-electron chi connectivity index (χ0n) is 14.6. The van der Waals surface area contributed by atoms with Gasteiger partial charge in [0.15, 0.2) is 0 Å². The predicted octanol–water partition coefficient (Wildman–Crippen LogP) is 5.18. The number of halogens is 1. The molecule has 0 radical (unpaired) electrons. The van der Waals surface area contributed by atoms with Gasteiger partial charge in [-0.1, -0.05) is 18.2 Å². The largest absolute Gasteiger partial charge is 0.321 e. The summed E-state index contributed by atoms with van der Waals surface area (Å²) in [7, 11) is -3.72. The van der Waals surface area contributed by atoms with Crippen molar-refractivity contribution in [3.8, 4) is 0 Å². The molecule has 1 amide bonds. The maximum absolute atomic E-state index is 12.7. The molecule has 0 unspecified atom stereocenters. The average molecular weight is 465 g/mol. The van der Waals surface area contributed by atoms with E-state index in [4.69, 9.17) is 0 Å². The Labute approximate surface area is 170 Å². The molecule has 0 bridgehead atoms. The van der Waals surface area contributed by atoms with Crippen LogP contribution in [0.5, 0.6) is 0 Å². The second-order valence-corrected chi connectivity index (χ2v) is 10.1. The summed E-state index contributed by atoms with van der Waals surface area (Å²) in [4.78, 5) is 12.9. The Hall–Kier alpha value is -2.16. The average Bonchev–Trinajstić information content (AvgIpc) is 3.05. The number of anilines is 2. The van der Waals surface area contributed by atoms with E-state index in [2.05, 4.69) is 26.0 Å². The van der Waals surface area contributed by atoms with Crippen LogP contribution in [0.3, 0.4) is 0 Å². The first-order valence-corrected chi connectivity index (χ1v) is 11.1. The highest BCUT2D eigenvalue weighted by molar-refractivity contribution is 9.11. The van der Waals surface area contributed by atoms with Crippen molar-refractivity contribution in [3.63, 3.8) is 0 Å². The molecule has 0 aliphatic carbocycles. The van der Waals surface area contributed by atoms with Crippen molar-refractivity contribution in [3.05, 3.63) is 74.4 Å². The second-order valence-electron chi connectivity index (χ2n) is 5.95. The summed E-state index contributed by atoms with van der Waals surface area (Å²) in [6.07, 6.45) is 0. The normalized spacial score (nSPS) is 11.2. The number of hydrogen-bond acceptors (Lipinski definition) is 4. The summed E-state index contributed by atoms with van der Waals surface area (Å²) < 4.78 is 28.8. The van der Waals surface area contributed by atoms with E-state index in [-0.39, 0.29) is 10.8 Å². The van der Waals surface area contributed by atoms with Gasteiger partial charge in [-0.15, -0.1) is 11.3 Å². The number of sulfonamides is 1. The Bertz CT molecular complexity index is 1070. The van der Waals surface area contributed by atoms with Crippen LogP contribution < -0.4 is 10.0 Å². The van der Waals surface area contributed by atoms with Crippen molar-refractivity contribution in [1.82, 2.24) is 0 Å². The van der Waals surface area contributed by atoms with E-state index in [1.807, 2.05) is 32.0 Å². The molecular weight excluding hydrogens is 448 g/mol. The Morgan fingerprint density at radius 1 is 0.963 bits per heavy atom. The van der Waals surface area contributed by atoms with Crippen LogP contribution in [0.1, 0.15) is 20.8 Å². The van der Waals surface area contributed by atoms with E-state index in [1.54, 1.807) is 24.3 Å². The van der Waals surface area contributed by atoms with Gasteiger partial charge in [0.2, 0.25) is 0 Å². The molecule has 1 heterocycles. The number of nitrogens with one attached hydrogen (secondary N) is 2. The van der Waals surface area contributed by atoms with Crippen LogP contribution in [0, 0.1) is 13.8 Å². The van der Waals surface area contributed by atoms with Crippen molar-refractivity contribution in [1.29, 1.82) is 0 Å². The highest BCUT2D eigenvalue weighted by Gasteiger charge is 2.17. The minimum absolute atomic E-state index is 0.127. The lowest BCUT2D eigenvalue weighted by atomic mass is 10.1. The molecule has 3 rings (SSSR count). The van der Waals surface area contributed by atoms with Crippen LogP contribution in [0.4, 0.5) is 11.4 Å². The number of carbonyl (C=O) groups is 1. The number of para-hydroxylation sites is 1. The van der Waals surface area contributed by atoms with Crippen molar-refractivity contribution in [2.75, 3.05) is 10.0 Å². The minimum Gasteiger partial charge on any atom is -0.321 e. The van der Waals surface area contributed by atoms with Gasteiger partial charge in [0.05, 0.1) is 19.2 Å². The summed E-state index contributed by atoms with van der Waals surface area (Å²) in [5, 5.41) is 2.75. The summed E-state index contributed by atoms with van der Waals surface area (Å²) in [5.74, 6) is -0.241. The topological polar surface area (TPSA) is 75.3 Å². The molecule has 2 aromatic carbocycles. The third kappa shape index (κ3) is 4.58. The summed E-state index contributed by atoms with van der Waals surface area (Å²) in [5.41, 5.74) is 2.81. The second kappa shape index (κ2) is 7.84. The van der Waals surface area contributed by atoms with Crippen molar-refractivity contribution in [2.45, 2.75) is 18.7 Å². The van der Waals surface area contributed by atoms with Gasteiger partial charge in [-0.05, 0) is 77.3 Å². The van der Waals surface area contributed by atoms with Crippen molar-refractivity contribution < 1.29 is 13.2 Å². The van der Waals surface area contributed by atoms with E-state index >= 15 is 0 Å². The molecule has 0 spiro atoms. The van der Waals surface area contributed by atoms with Crippen LogP contribution in [0.25, 0.3) is 0 Å². The fourth-order valence-corrected chi connectivity index (χ4v) is 5.00. The third-order valence-corrected chi connectivity index (χ3v) is 6.93. The van der Waals surface area contributed by atoms with Gasteiger partial charge in [0.25, 0.3) is 15.9 Å². The zero-order valence-corrected chi connectivity index (χ0v) is 17.8. The molecule has 27 heavy (non-hydrogen) atoms. The smallest absolute Gasteiger partial charge is 0.265 e. The van der Waals surface area contributed by atoms with Gasteiger partial charge in [0, 0.05) is 5.69 Å². The molecule has 0 atom stereocenters. The fraction of sp³-hybridized carbons (Fsp3) is 0.105. The molecule has 0 aliphatic heterocycles. The molecule has 140 valence electrons. The van der Waals surface area contributed by atoms with E-state index in [0.717, 1.165) is 14.9 Å². The van der Waals surface area contributed by atoms with Gasteiger partial charge in [0.1, 0.15) is 0 Å². The van der Waals surface area contributed by atoms with Gasteiger partial charge < -0.3 is 5.32 Å². The summed E-state index contributed by atoms with van der Waals surface area (Å²) in [6.45, 7) is 3.71. The first kappa shape index (κ1) is 19.6. The number of aryl methyl sites for hydroxylation is 2. The number of carbonyl (C=O) groups excluding carboxylic acids is 1. The van der Waals surface area contributed by atoms with Crippen molar-refractivity contribution >= 4 is 54.6 Å². The maximum atomic E-state index is 12.7. The van der Waals surface area contributed by atoms with E-state index < -0.39 is 10.0 Å². The molecule has 0 aliphatic rings. The van der Waals surface area contributed by atoms with Crippen LogP contribution in [-0.2, 0) is 10.0 Å². The van der Waals surface area contributed by atoms with E-state index in [0.29, 0.717) is 16.3 Å². The molecule has 8 heteroatoms. The van der Waals surface area contributed by atoms with Gasteiger partial charge in [-0.2, -0.15) is 0 Å². The molecule has 0 fully saturated rings. The Balaban J connectivity index is 1.77. The number of thiophene rings is 1. The number of amides is 1. The third-order valence-electron chi connectivity index (χ3n) is 3.94. The van der Waals surface area contributed by atoms with E-state index in [1.165, 1.54) is 23.5 Å². The van der Waals surface area contributed by atoms with Crippen LogP contribution in [0.15, 0.2) is 63.3 Å². The molecule has 2 N–H and O–H groups in total. The summed E-state index contributed by atoms with van der Waals surface area (Å²) >= 11 is 4.64. The van der Waals surface area contributed by atoms with Gasteiger partial charge in [-0.3, -0.25) is 9.52 Å². The monoisotopic (exact) mass is 464 g/mol. The molecule has 0 saturated heterocycles. The number of rotatable bonds is 5. The lowest BCUT2D eigenvalue weighted by Gasteiger charge is -2.13. The lowest BCUT2D eigenvalue weighted by molar-refractivity contribution is 0.103. The zero-order chi connectivity index (χ0) is 19.6. The SMILES string of the molecule is Cc1cccc(C)c1NS(=O)(=O)c1ccc(NC(=O)c2ccc(Br)s2)cc1. The molecule has 5 nitrogen and oxygen atoms in total. The number of hydrogen-bond donors (Lipinski definition) is 2. The summed E-state index contributed by atoms with van der Waals surface area (Å²) in [6, 6.07) is 15.2. The highest BCUT2D eigenvalue weighted by atomic mass is 79.9. The predicted molar refractivity (Wildman–Crippen MR) is 113 cm³/mol. The van der Waals surface area contributed by atoms with Crippen LogP contribution in [0.2, 0.25) is 0 Å². The maximum Gasteiger partial charge on any atom is 0.265 e. The molecular formula is C19H17BrN2O3S2. The first-order chi connectivity index (χ1) is 12.8. The first-order valence-electron chi connectivity index (χ1n) is 8.02. The minimum atomic E-state index is -3.72. The van der Waals surface area contributed by atoms with Crippen molar-refractivity contribution in [2.24, 2.45) is 0 Å². The highest BCUT2D eigenvalue weighted by Crippen LogP contribution is 2.25.